The monoisotopic (exact) mass is 458 g/mol. The Morgan fingerprint density at radius 2 is 2.19 bits per heavy atom. The van der Waals surface area contributed by atoms with Crippen LogP contribution in [0.15, 0.2) is 17.1 Å². The molecule has 3 fully saturated rings. The number of carbonyl (C=O) groups excluding carboxylic acids is 1. The van der Waals surface area contributed by atoms with Gasteiger partial charge in [-0.1, -0.05) is 0 Å². The van der Waals surface area contributed by atoms with Gasteiger partial charge >= 0.3 is 19.4 Å². The van der Waals surface area contributed by atoms with Crippen molar-refractivity contribution >= 4 is 19.5 Å². The van der Waals surface area contributed by atoms with Gasteiger partial charge in [-0.15, -0.1) is 0 Å². The summed E-state index contributed by atoms with van der Waals surface area (Å²) in [5, 5.41) is 13.7. The quantitative estimate of drug-likeness (QED) is 0.415. The summed E-state index contributed by atoms with van der Waals surface area (Å²) in [6.07, 6.45) is 1.81. The number of anilines is 1. The molecule has 6 atom stereocenters. The normalized spacial score (nSPS) is 36.8. The Labute approximate surface area is 178 Å². The van der Waals surface area contributed by atoms with Crippen LogP contribution in [-0.4, -0.2) is 57.2 Å². The minimum Gasteiger partial charge on any atom is -0.461 e. The summed E-state index contributed by atoms with van der Waals surface area (Å²) in [6.45, 7) is 2.73. The second-order valence-corrected chi connectivity index (χ2v) is 10.0. The molecule has 13 heteroatoms. The first-order valence-electron chi connectivity index (χ1n) is 10.2. The molecule has 0 radical (unpaired) electrons. The fraction of sp³-hybridized carbons (Fsp3) is 0.722. The third kappa shape index (κ3) is 4.41. The van der Waals surface area contributed by atoms with E-state index in [9.17, 15) is 19.3 Å². The number of fused-ring (bicyclic) bond motifs is 1. The van der Waals surface area contributed by atoms with Gasteiger partial charge in [0.15, 0.2) is 6.23 Å². The van der Waals surface area contributed by atoms with Gasteiger partial charge in [-0.25, -0.2) is 14.4 Å². The van der Waals surface area contributed by atoms with Gasteiger partial charge in [0.1, 0.15) is 35.8 Å². The predicted molar refractivity (Wildman–Crippen MR) is 107 cm³/mol. The minimum absolute atomic E-state index is 0.0306. The van der Waals surface area contributed by atoms with Crippen molar-refractivity contribution in [1.29, 1.82) is 0 Å². The summed E-state index contributed by atoms with van der Waals surface area (Å²) in [4.78, 5) is 28.2. The van der Waals surface area contributed by atoms with Crippen LogP contribution in [0.5, 0.6) is 0 Å². The molecule has 1 aromatic heterocycles. The van der Waals surface area contributed by atoms with Crippen molar-refractivity contribution in [1.82, 2.24) is 14.6 Å². The molecule has 0 unspecified atom stereocenters. The van der Waals surface area contributed by atoms with Crippen LogP contribution < -0.4 is 16.5 Å². The molecular formula is C18H27N4O8P. The number of aliphatic hydroxyl groups is 1. The highest BCUT2D eigenvalue weighted by Crippen LogP contribution is 2.55. The lowest BCUT2D eigenvalue weighted by Crippen LogP contribution is -2.50. The number of hydrogen-bond donors (Lipinski definition) is 3. The maximum absolute atomic E-state index is 13.1. The third-order valence-electron chi connectivity index (χ3n) is 5.77. The molecule has 1 saturated carbocycles. The zero-order chi connectivity index (χ0) is 22.4. The van der Waals surface area contributed by atoms with E-state index in [0.29, 0.717) is 0 Å². The van der Waals surface area contributed by atoms with Crippen molar-refractivity contribution < 1.29 is 33.0 Å². The van der Waals surface area contributed by atoms with Crippen LogP contribution in [0, 0.1) is 0 Å². The van der Waals surface area contributed by atoms with E-state index in [4.69, 9.17) is 24.3 Å². The number of nitrogens with zero attached hydrogens (tertiary/aromatic N) is 2. The molecule has 0 bridgehead atoms. The van der Waals surface area contributed by atoms with Crippen molar-refractivity contribution in [3.05, 3.63) is 22.7 Å². The Morgan fingerprint density at radius 1 is 1.48 bits per heavy atom. The number of nitrogen functional groups attached to an aromatic ring is 1. The molecule has 4 N–H and O–H groups in total. The topological polar surface area (TPSA) is 164 Å². The molecule has 2 aliphatic heterocycles. The lowest BCUT2D eigenvalue weighted by molar-refractivity contribution is -0.150. The predicted octanol–water partition coefficient (Wildman–Crippen LogP) is 0.461. The molecule has 12 nitrogen and oxygen atoms in total. The maximum atomic E-state index is 13.1. The second-order valence-electron chi connectivity index (χ2n) is 8.31. The fourth-order valence-electron chi connectivity index (χ4n) is 4.13. The van der Waals surface area contributed by atoms with Gasteiger partial charge < -0.3 is 20.3 Å². The third-order valence-corrected chi connectivity index (χ3v) is 7.47. The average molecular weight is 458 g/mol. The number of carbonyl (C=O) groups is 1. The zero-order valence-corrected chi connectivity index (χ0v) is 18.2. The van der Waals surface area contributed by atoms with Crippen molar-refractivity contribution in [2.24, 2.45) is 0 Å². The smallest absolute Gasteiger partial charge is 0.406 e. The Hall–Kier alpha value is -1.82. The zero-order valence-electron chi connectivity index (χ0n) is 17.3. The van der Waals surface area contributed by atoms with Crippen molar-refractivity contribution in [3.63, 3.8) is 0 Å². The molecule has 3 heterocycles. The Balaban J connectivity index is 1.46. The minimum atomic E-state index is -3.97. The number of aromatic nitrogens is 2. The first-order valence-corrected chi connectivity index (χ1v) is 11.8. The number of esters is 1. The van der Waals surface area contributed by atoms with E-state index >= 15 is 0 Å². The summed E-state index contributed by atoms with van der Waals surface area (Å²) in [5.74, 6) is -0.522. The van der Waals surface area contributed by atoms with Gasteiger partial charge in [0.25, 0.3) is 0 Å². The van der Waals surface area contributed by atoms with Crippen LogP contribution >= 0.6 is 7.75 Å². The molecule has 1 aliphatic carbocycles. The van der Waals surface area contributed by atoms with E-state index in [2.05, 4.69) is 10.1 Å². The van der Waals surface area contributed by atoms with Crippen molar-refractivity contribution in [2.75, 3.05) is 12.3 Å². The summed E-state index contributed by atoms with van der Waals surface area (Å²) in [7, 11) is -3.97. The molecule has 4 rings (SSSR count). The molecule has 0 aromatic carbocycles. The number of hydrogen-bond acceptors (Lipinski definition) is 10. The van der Waals surface area contributed by atoms with Crippen LogP contribution in [0.25, 0.3) is 0 Å². The largest absolute Gasteiger partial charge is 0.461 e. The number of rotatable bonds is 5. The lowest BCUT2D eigenvalue weighted by Gasteiger charge is -2.36. The van der Waals surface area contributed by atoms with Gasteiger partial charge in [-0.05, 0) is 45.6 Å². The highest BCUT2D eigenvalue weighted by atomic mass is 31.2. The maximum Gasteiger partial charge on any atom is 0.406 e. The van der Waals surface area contributed by atoms with E-state index in [-0.39, 0.29) is 18.5 Å². The molecular weight excluding hydrogens is 431 g/mol. The summed E-state index contributed by atoms with van der Waals surface area (Å²) >= 11 is 0. The van der Waals surface area contributed by atoms with Crippen molar-refractivity contribution in [2.45, 2.75) is 75.7 Å². The molecule has 31 heavy (non-hydrogen) atoms. The first kappa shape index (κ1) is 22.4. The van der Waals surface area contributed by atoms with Gasteiger partial charge in [-0.3, -0.25) is 18.4 Å². The number of nitrogens with two attached hydrogens (primary N) is 1. The lowest BCUT2D eigenvalue weighted by atomic mass is 9.96. The Kier molecular flexibility index (Phi) is 5.97. The molecule has 0 spiro atoms. The standard InChI is InChI=1S/C18H27N4O8P/c1-10(15(23)28-11-5-3-4-6-11)21-31(26)27-9-12-14(30-31)18(2,25)16(29-12)22-8-7-13(19)20-17(22)24/h7-8,10-12,14,16,25H,3-6,9H2,1-2H3,(H,21,26)(H2,19,20,24)/t10-,12+,14+,16+,18+,31-/m0/s1. The number of ether oxygens (including phenoxy) is 2. The van der Waals surface area contributed by atoms with Crippen LogP contribution in [0.1, 0.15) is 45.8 Å². The molecule has 0 amide bonds. The van der Waals surface area contributed by atoms with Gasteiger partial charge in [0.2, 0.25) is 0 Å². The van der Waals surface area contributed by atoms with Gasteiger partial charge in [-0.2, -0.15) is 4.98 Å². The molecule has 172 valence electrons. The van der Waals surface area contributed by atoms with E-state index < -0.39 is 49.5 Å². The first-order chi connectivity index (χ1) is 14.6. The highest BCUT2D eigenvalue weighted by molar-refractivity contribution is 7.51. The molecule has 1 aromatic rings. The highest BCUT2D eigenvalue weighted by Gasteiger charge is 2.60. The van der Waals surface area contributed by atoms with E-state index in [0.717, 1.165) is 30.3 Å². The second kappa shape index (κ2) is 8.27. The molecule has 3 aliphatic rings. The Morgan fingerprint density at radius 3 is 2.87 bits per heavy atom. The average Bonchev–Trinajstić information content (AvgIpc) is 3.28. The van der Waals surface area contributed by atoms with Gasteiger partial charge in [0, 0.05) is 6.20 Å². The SMILES string of the molecule is C[C@H](N[P@]1(=O)OC[C@H]2O[C@@H](n3ccc(N)nc3=O)[C@](C)(O)[C@@H]2O1)C(=O)OC1CCCC1. The Bertz CT molecular complexity index is 947. The summed E-state index contributed by atoms with van der Waals surface area (Å²) in [6, 6.07) is 0.444. The van der Waals surface area contributed by atoms with Crippen molar-refractivity contribution in [3.8, 4) is 0 Å². The van der Waals surface area contributed by atoms with Crippen LogP contribution in [0.3, 0.4) is 0 Å². The fourth-order valence-corrected chi connectivity index (χ4v) is 5.89. The van der Waals surface area contributed by atoms with E-state index in [1.807, 2.05) is 0 Å². The van der Waals surface area contributed by atoms with E-state index in [1.165, 1.54) is 26.1 Å². The van der Waals surface area contributed by atoms with Gasteiger partial charge in [0.05, 0.1) is 6.61 Å². The molecule has 2 saturated heterocycles. The van der Waals surface area contributed by atoms with Crippen LogP contribution in [0.4, 0.5) is 5.82 Å². The van der Waals surface area contributed by atoms with Crippen LogP contribution in [-0.2, 0) is 27.9 Å². The number of nitrogens with one attached hydrogen (secondary N) is 1. The summed E-state index contributed by atoms with van der Waals surface area (Å²) in [5.41, 5.74) is 3.05. The van der Waals surface area contributed by atoms with E-state index in [1.54, 1.807) is 0 Å². The van der Waals surface area contributed by atoms with Crippen LogP contribution in [0.2, 0.25) is 0 Å². The summed E-state index contributed by atoms with van der Waals surface area (Å²) < 4.78 is 36.4.